The molecule has 12 aromatic rings. The SMILES string of the molecule is c1ccc(-c2nc(-c3ccc(-c4c5ccccc5cc5c4sc4ccccc45)cc3)nc(-c3ccc(-c4ccccc4)c(-n4c5ccccc5c5ccccc54)c3)n2)cc1. The average Bonchev–Trinajstić information content (AvgIpc) is 3.86. The van der Waals surface area contributed by atoms with E-state index in [0.29, 0.717) is 17.5 Å². The maximum atomic E-state index is 5.25. The predicted molar refractivity (Wildman–Crippen MR) is 252 cm³/mol. The highest BCUT2D eigenvalue weighted by Gasteiger charge is 2.20. The fraction of sp³-hybridized carbons (Fsp3) is 0. The summed E-state index contributed by atoms with van der Waals surface area (Å²) in [7, 11) is 0. The minimum Gasteiger partial charge on any atom is -0.309 e. The second kappa shape index (κ2) is 14.0. The Labute approximate surface area is 350 Å². The highest BCUT2D eigenvalue weighted by atomic mass is 32.1. The summed E-state index contributed by atoms with van der Waals surface area (Å²) in [5, 5.41) is 7.50. The number of hydrogen-bond acceptors (Lipinski definition) is 4. The fourth-order valence-corrected chi connectivity index (χ4v) is 10.1. The first-order valence-corrected chi connectivity index (χ1v) is 21.0. The Morgan fingerprint density at radius 2 is 0.850 bits per heavy atom. The van der Waals surface area contributed by atoms with Gasteiger partial charge in [-0.1, -0.05) is 176 Å². The van der Waals surface area contributed by atoms with Crippen molar-refractivity contribution in [3.05, 3.63) is 206 Å². The van der Waals surface area contributed by atoms with Crippen LogP contribution < -0.4 is 0 Å². The summed E-state index contributed by atoms with van der Waals surface area (Å²) in [6.07, 6.45) is 0. The van der Waals surface area contributed by atoms with Crippen molar-refractivity contribution in [3.8, 4) is 62.1 Å². The molecule has 0 aliphatic carbocycles. The van der Waals surface area contributed by atoms with Crippen molar-refractivity contribution < 1.29 is 0 Å². The van der Waals surface area contributed by atoms with Gasteiger partial charge in [0.1, 0.15) is 0 Å². The van der Waals surface area contributed by atoms with E-state index in [0.717, 1.165) is 50.1 Å². The highest BCUT2D eigenvalue weighted by molar-refractivity contribution is 7.26. The van der Waals surface area contributed by atoms with Crippen molar-refractivity contribution in [1.29, 1.82) is 0 Å². The number of nitrogens with zero attached hydrogens (tertiary/aromatic N) is 4. The van der Waals surface area contributed by atoms with Crippen LogP contribution >= 0.6 is 11.3 Å². The number of hydrogen-bond donors (Lipinski definition) is 0. The van der Waals surface area contributed by atoms with Crippen LogP contribution in [0.4, 0.5) is 0 Å². The Kier molecular flexibility index (Phi) is 8.00. The molecule has 0 bridgehead atoms. The van der Waals surface area contributed by atoms with Crippen LogP contribution in [0.1, 0.15) is 0 Å². The van der Waals surface area contributed by atoms with Gasteiger partial charge in [-0.3, -0.25) is 0 Å². The van der Waals surface area contributed by atoms with Gasteiger partial charge in [-0.15, -0.1) is 11.3 Å². The lowest BCUT2D eigenvalue weighted by molar-refractivity contribution is 1.07. The lowest BCUT2D eigenvalue weighted by atomic mass is 9.95. The highest BCUT2D eigenvalue weighted by Crippen LogP contribution is 2.45. The Balaban J connectivity index is 1.04. The zero-order chi connectivity index (χ0) is 39.6. The number of para-hydroxylation sites is 2. The van der Waals surface area contributed by atoms with Gasteiger partial charge in [0.15, 0.2) is 17.5 Å². The van der Waals surface area contributed by atoms with Crippen LogP contribution in [-0.2, 0) is 0 Å². The smallest absolute Gasteiger partial charge is 0.164 e. The van der Waals surface area contributed by atoms with E-state index in [1.165, 1.54) is 47.3 Å². The lowest BCUT2D eigenvalue weighted by Crippen LogP contribution is -2.02. The van der Waals surface area contributed by atoms with Crippen LogP contribution in [0.2, 0.25) is 0 Å². The molecule has 60 heavy (non-hydrogen) atoms. The summed E-state index contributed by atoms with van der Waals surface area (Å²) < 4.78 is 4.98. The third kappa shape index (κ3) is 5.63. The van der Waals surface area contributed by atoms with Crippen LogP contribution in [0.5, 0.6) is 0 Å². The summed E-state index contributed by atoms with van der Waals surface area (Å²) in [6.45, 7) is 0. The molecule has 0 amide bonds. The lowest BCUT2D eigenvalue weighted by Gasteiger charge is -2.16. The van der Waals surface area contributed by atoms with E-state index >= 15 is 0 Å². The summed E-state index contributed by atoms with van der Waals surface area (Å²) in [4.78, 5) is 15.5. The van der Waals surface area contributed by atoms with Crippen LogP contribution in [0, 0.1) is 0 Å². The van der Waals surface area contributed by atoms with Crippen molar-refractivity contribution in [2.75, 3.05) is 0 Å². The summed E-state index contributed by atoms with van der Waals surface area (Å²) in [5.41, 5.74) is 10.8. The molecule has 0 radical (unpaired) electrons. The second-order valence-electron chi connectivity index (χ2n) is 15.2. The minimum absolute atomic E-state index is 0.616. The molecule has 0 N–H and O–H groups in total. The molecule has 12 rings (SSSR count). The van der Waals surface area contributed by atoms with E-state index in [-0.39, 0.29) is 0 Å². The first-order valence-electron chi connectivity index (χ1n) is 20.2. The molecule has 4 nitrogen and oxygen atoms in total. The summed E-state index contributed by atoms with van der Waals surface area (Å²) in [6, 6.07) is 73.3. The number of fused-ring (bicyclic) bond motifs is 7. The van der Waals surface area contributed by atoms with E-state index in [1.54, 1.807) is 0 Å². The fourth-order valence-electron chi connectivity index (χ4n) is 8.85. The molecule has 9 aromatic carbocycles. The molecule has 0 aliphatic rings. The van der Waals surface area contributed by atoms with E-state index in [2.05, 4.69) is 193 Å². The van der Waals surface area contributed by atoms with Crippen molar-refractivity contribution in [3.63, 3.8) is 0 Å². The quantitative estimate of drug-likeness (QED) is 0.169. The molecule has 0 unspecified atom stereocenters. The molecule has 0 aliphatic heterocycles. The van der Waals surface area contributed by atoms with E-state index in [9.17, 15) is 0 Å². The van der Waals surface area contributed by atoms with E-state index in [1.807, 2.05) is 29.5 Å². The molecule has 0 saturated carbocycles. The molecule has 0 spiro atoms. The maximum absolute atomic E-state index is 5.25. The Bertz CT molecular complexity index is 3530. The molecule has 0 fully saturated rings. The predicted octanol–water partition coefficient (Wildman–Crippen LogP) is 14.8. The molecular weight excluding hydrogens is 749 g/mol. The van der Waals surface area contributed by atoms with Crippen molar-refractivity contribution in [2.24, 2.45) is 0 Å². The van der Waals surface area contributed by atoms with E-state index < -0.39 is 0 Å². The maximum Gasteiger partial charge on any atom is 0.164 e. The zero-order valence-electron chi connectivity index (χ0n) is 32.3. The molecule has 0 saturated heterocycles. The van der Waals surface area contributed by atoms with Crippen molar-refractivity contribution >= 4 is 64.1 Å². The van der Waals surface area contributed by atoms with Gasteiger partial charge in [-0.05, 0) is 52.2 Å². The third-order valence-corrected chi connectivity index (χ3v) is 12.9. The molecule has 280 valence electrons. The Morgan fingerprint density at radius 3 is 1.53 bits per heavy atom. The molecule has 3 aromatic heterocycles. The standard InChI is InChI=1S/C55H34N4S/c1-3-15-35(16-4-1)41-32-31-40(34-49(41)59-47-24-12-9-21-43(47)44-22-10-13-25-48(44)59)55-57-53(37-17-5-2-6-18-37)56-54(58-55)38-29-27-36(28-30-38)51-42-20-8-7-19-39(42)33-46-45-23-11-14-26-50(45)60-52(46)51/h1-34H. The van der Waals surface area contributed by atoms with E-state index in [4.69, 9.17) is 15.0 Å². The normalized spacial score (nSPS) is 11.7. The summed E-state index contributed by atoms with van der Waals surface area (Å²) in [5.74, 6) is 1.87. The largest absolute Gasteiger partial charge is 0.309 e. The van der Waals surface area contributed by atoms with Crippen LogP contribution in [0.3, 0.4) is 0 Å². The second-order valence-corrected chi connectivity index (χ2v) is 16.2. The first kappa shape index (κ1) is 34.3. The van der Waals surface area contributed by atoms with Gasteiger partial charge in [0, 0.05) is 58.8 Å². The van der Waals surface area contributed by atoms with Crippen LogP contribution in [-0.4, -0.2) is 19.5 Å². The number of thiophene rings is 1. The van der Waals surface area contributed by atoms with Crippen molar-refractivity contribution in [1.82, 2.24) is 19.5 Å². The van der Waals surface area contributed by atoms with Crippen LogP contribution in [0.15, 0.2) is 206 Å². The molecule has 0 atom stereocenters. The first-order chi connectivity index (χ1) is 29.7. The molecule has 5 heteroatoms. The van der Waals surface area contributed by atoms with Gasteiger partial charge in [0.25, 0.3) is 0 Å². The van der Waals surface area contributed by atoms with Crippen LogP contribution in [0.25, 0.3) is 115 Å². The Morgan fingerprint density at radius 1 is 0.350 bits per heavy atom. The van der Waals surface area contributed by atoms with Gasteiger partial charge in [0.2, 0.25) is 0 Å². The number of aromatic nitrogens is 4. The molecule has 3 heterocycles. The van der Waals surface area contributed by atoms with Gasteiger partial charge in [-0.2, -0.15) is 0 Å². The minimum atomic E-state index is 0.616. The molecular formula is C55H34N4S. The summed E-state index contributed by atoms with van der Waals surface area (Å²) >= 11 is 1.86. The Hall–Kier alpha value is -7.73. The number of benzene rings is 9. The average molecular weight is 783 g/mol. The zero-order valence-corrected chi connectivity index (χ0v) is 33.1. The van der Waals surface area contributed by atoms with Gasteiger partial charge < -0.3 is 4.57 Å². The van der Waals surface area contributed by atoms with Gasteiger partial charge in [-0.25, -0.2) is 15.0 Å². The topological polar surface area (TPSA) is 43.6 Å². The van der Waals surface area contributed by atoms with Gasteiger partial charge >= 0.3 is 0 Å². The third-order valence-electron chi connectivity index (χ3n) is 11.7. The van der Waals surface area contributed by atoms with Gasteiger partial charge in [0.05, 0.1) is 16.7 Å². The van der Waals surface area contributed by atoms with Crippen molar-refractivity contribution in [2.45, 2.75) is 0 Å². The monoisotopic (exact) mass is 782 g/mol. The number of rotatable bonds is 6.